The molecule has 1 saturated carbocycles. The van der Waals surface area contributed by atoms with Gasteiger partial charge < -0.3 is 15.6 Å². The van der Waals surface area contributed by atoms with Gasteiger partial charge >= 0.3 is 0 Å². The Morgan fingerprint density at radius 3 is 3.00 bits per heavy atom. The lowest BCUT2D eigenvalue weighted by atomic mass is 9.96. The second-order valence-electron chi connectivity index (χ2n) is 9.70. The SMILES string of the molecule is CC1CCc2cc3ccc(CCC4CCC(n5ccc6c(N)ncnc65)C4)cc3nc2N1. The van der Waals surface area contributed by atoms with E-state index in [-0.39, 0.29) is 0 Å². The van der Waals surface area contributed by atoms with Crippen LogP contribution in [0.15, 0.2) is 42.9 Å². The smallest absolute Gasteiger partial charge is 0.145 e. The van der Waals surface area contributed by atoms with Crippen molar-refractivity contribution in [3.05, 3.63) is 54.0 Å². The molecule has 3 unspecified atom stereocenters. The highest BCUT2D eigenvalue weighted by Crippen LogP contribution is 2.39. The lowest BCUT2D eigenvalue weighted by molar-refractivity contribution is 0.461. The summed E-state index contributed by atoms with van der Waals surface area (Å²) in [7, 11) is 0. The number of pyridine rings is 1. The van der Waals surface area contributed by atoms with Crippen molar-refractivity contribution in [1.29, 1.82) is 0 Å². The van der Waals surface area contributed by atoms with Crippen LogP contribution in [-0.2, 0) is 12.8 Å². The third kappa shape index (κ3) is 3.48. The Morgan fingerprint density at radius 2 is 2.06 bits per heavy atom. The fourth-order valence-corrected chi connectivity index (χ4v) is 5.62. The maximum absolute atomic E-state index is 6.02. The van der Waals surface area contributed by atoms with Crippen molar-refractivity contribution in [3.63, 3.8) is 0 Å². The van der Waals surface area contributed by atoms with Crippen LogP contribution in [0.2, 0.25) is 0 Å². The van der Waals surface area contributed by atoms with Crippen LogP contribution in [0.1, 0.15) is 56.2 Å². The van der Waals surface area contributed by atoms with Gasteiger partial charge in [0.1, 0.15) is 23.6 Å². The molecule has 6 nitrogen and oxygen atoms in total. The van der Waals surface area contributed by atoms with E-state index < -0.39 is 0 Å². The number of aromatic nitrogens is 4. The normalized spacial score (nSPS) is 22.8. The average molecular weight is 427 g/mol. The third-order valence-electron chi connectivity index (χ3n) is 7.48. The Hall–Kier alpha value is -3.15. The van der Waals surface area contributed by atoms with E-state index in [9.17, 15) is 0 Å². The highest BCUT2D eigenvalue weighted by Gasteiger charge is 2.27. The second-order valence-corrected chi connectivity index (χ2v) is 9.70. The molecule has 1 aliphatic carbocycles. The van der Waals surface area contributed by atoms with E-state index in [4.69, 9.17) is 10.7 Å². The quantitative estimate of drug-likeness (QED) is 0.464. The van der Waals surface area contributed by atoms with Crippen LogP contribution in [0.3, 0.4) is 0 Å². The van der Waals surface area contributed by atoms with Gasteiger partial charge in [-0.2, -0.15) is 0 Å². The number of benzene rings is 1. The zero-order valence-corrected chi connectivity index (χ0v) is 18.6. The van der Waals surface area contributed by atoms with E-state index in [2.05, 4.69) is 57.2 Å². The molecule has 0 spiro atoms. The first kappa shape index (κ1) is 19.5. The van der Waals surface area contributed by atoms with E-state index in [0.717, 1.165) is 41.1 Å². The van der Waals surface area contributed by atoms with Crippen molar-refractivity contribution in [2.45, 2.75) is 64.0 Å². The first-order valence-electron chi connectivity index (χ1n) is 11.9. The zero-order valence-electron chi connectivity index (χ0n) is 18.6. The fourth-order valence-electron chi connectivity index (χ4n) is 5.62. The number of hydrogen-bond acceptors (Lipinski definition) is 5. The van der Waals surface area contributed by atoms with Crippen molar-refractivity contribution in [3.8, 4) is 0 Å². The van der Waals surface area contributed by atoms with Crippen LogP contribution >= 0.6 is 0 Å². The van der Waals surface area contributed by atoms with Crippen LogP contribution in [0.25, 0.3) is 21.9 Å². The van der Waals surface area contributed by atoms with Crippen LogP contribution in [0, 0.1) is 5.92 Å². The number of fused-ring (bicyclic) bond motifs is 3. The number of rotatable bonds is 4. The molecular weight excluding hydrogens is 396 g/mol. The average Bonchev–Trinajstić information content (AvgIpc) is 3.44. The van der Waals surface area contributed by atoms with Gasteiger partial charge in [0.05, 0.1) is 10.9 Å². The number of nitrogens with zero attached hydrogens (tertiary/aromatic N) is 4. The van der Waals surface area contributed by atoms with E-state index >= 15 is 0 Å². The Morgan fingerprint density at radius 1 is 1.12 bits per heavy atom. The summed E-state index contributed by atoms with van der Waals surface area (Å²) in [6.45, 7) is 2.23. The molecule has 3 atom stereocenters. The van der Waals surface area contributed by atoms with E-state index in [1.54, 1.807) is 6.33 Å². The number of anilines is 2. The largest absolute Gasteiger partial charge is 0.383 e. The molecule has 6 heteroatoms. The Kier molecular flexibility index (Phi) is 4.74. The van der Waals surface area contributed by atoms with Gasteiger partial charge in [0.25, 0.3) is 0 Å². The predicted molar refractivity (Wildman–Crippen MR) is 130 cm³/mol. The second kappa shape index (κ2) is 7.76. The summed E-state index contributed by atoms with van der Waals surface area (Å²) in [6.07, 6.45) is 12.0. The molecule has 2 aliphatic rings. The Balaban J connectivity index is 1.14. The minimum absolute atomic E-state index is 0.504. The minimum Gasteiger partial charge on any atom is -0.383 e. The molecule has 1 fully saturated rings. The van der Waals surface area contributed by atoms with E-state index in [1.807, 2.05) is 6.07 Å². The number of hydrogen-bond donors (Lipinski definition) is 2. The molecular formula is C26H30N6. The molecule has 3 N–H and O–H groups in total. The molecule has 164 valence electrons. The zero-order chi connectivity index (χ0) is 21.7. The lowest BCUT2D eigenvalue weighted by Gasteiger charge is -2.23. The lowest BCUT2D eigenvalue weighted by Crippen LogP contribution is -2.22. The van der Waals surface area contributed by atoms with Crippen LogP contribution in [0.4, 0.5) is 11.6 Å². The van der Waals surface area contributed by atoms with Gasteiger partial charge in [-0.1, -0.05) is 12.1 Å². The molecule has 4 heterocycles. The molecule has 0 saturated heterocycles. The molecule has 3 aromatic heterocycles. The van der Waals surface area contributed by atoms with Crippen LogP contribution in [0.5, 0.6) is 0 Å². The number of aryl methyl sites for hydroxylation is 2. The molecule has 0 radical (unpaired) electrons. The van der Waals surface area contributed by atoms with Gasteiger partial charge in [-0.15, -0.1) is 0 Å². The van der Waals surface area contributed by atoms with Crippen molar-refractivity contribution < 1.29 is 0 Å². The van der Waals surface area contributed by atoms with Crippen LogP contribution in [-0.4, -0.2) is 25.6 Å². The van der Waals surface area contributed by atoms with Crippen molar-refractivity contribution in [1.82, 2.24) is 19.5 Å². The number of nitrogen functional groups attached to an aromatic ring is 1. The van der Waals surface area contributed by atoms with Gasteiger partial charge in [0, 0.05) is 23.7 Å². The maximum Gasteiger partial charge on any atom is 0.145 e. The molecule has 32 heavy (non-hydrogen) atoms. The number of nitrogens with two attached hydrogens (primary N) is 1. The molecule has 1 aromatic carbocycles. The van der Waals surface area contributed by atoms with Crippen molar-refractivity contribution in [2.75, 3.05) is 11.1 Å². The summed E-state index contributed by atoms with van der Waals surface area (Å²) in [5.41, 5.74) is 10.8. The first-order chi connectivity index (χ1) is 15.6. The van der Waals surface area contributed by atoms with E-state index in [1.165, 1.54) is 48.6 Å². The summed E-state index contributed by atoms with van der Waals surface area (Å²) in [4.78, 5) is 13.6. The van der Waals surface area contributed by atoms with Crippen molar-refractivity contribution >= 4 is 33.6 Å². The Bertz CT molecular complexity index is 1290. The fraction of sp³-hybridized carbons (Fsp3) is 0.423. The van der Waals surface area contributed by atoms with Crippen molar-refractivity contribution in [2.24, 2.45) is 5.92 Å². The standard InChI is InChI=1S/C26H30N6/c1-16-2-7-20-14-19-8-5-18(13-23(19)31-25(20)30-16)4-3-17-6-9-21(12-17)32-11-10-22-24(27)28-15-29-26(22)32/h5,8,10-11,13-17,21H,2-4,6-7,9,12H2,1H3,(H,30,31)(H2,27,28,29). The maximum atomic E-state index is 6.02. The van der Waals surface area contributed by atoms with Gasteiger partial charge in [0.15, 0.2) is 0 Å². The van der Waals surface area contributed by atoms with Gasteiger partial charge in [0.2, 0.25) is 0 Å². The Labute approximate surface area is 188 Å². The summed E-state index contributed by atoms with van der Waals surface area (Å²) in [6, 6.07) is 12.2. The van der Waals surface area contributed by atoms with Crippen LogP contribution < -0.4 is 11.1 Å². The first-order valence-corrected chi connectivity index (χ1v) is 11.9. The third-order valence-corrected chi connectivity index (χ3v) is 7.48. The highest BCUT2D eigenvalue weighted by atomic mass is 15.1. The molecule has 0 bridgehead atoms. The summed E-state index contributed by atoms with van der Waals surface area (Å²) >= 11 is 0. The monoisotopic (exact) mass is 426 g/mol. The summed E-state index contributed by atoms with van der Waals surface area (Å²) in [5.74, 6) is 2.39. The summed E-state index contributed by atoms with van der Waals surface area (Å²) in [5, 5.41) is 5.77. The minimum atomic E-state index is 0.504. The van der Waals surface area contributed by atoms with E-state index in [0.29, 0.717) is 17.9 Å². The predicted octanol–water partition coefficient (Wildman–Crippen LogP) is 5.28. The molecule has 4 aromatic rings. The van der Waals surface area contributed by atoms with Gasteiger partial charge in [-0.25, -0.2) is 15.0 Å². The molecule has 6 rings (SSSR count). The molecule has 1 aliphatic heterocycles. The molecule has 0 amide bonds. The topological polar surface area (TPSA) is 81.7 Å². The van der Waals surface area contributed by atoms with Gasteiger partial charge in [-0.05, 0) is 87.1 Å². The highest BCUT2D eigenvalue weighted by molar-refractivity contribution is 5.86. The summed E-state index contributed by atoms with van der Waals surface area (Å²) < 4.78 is 2.31. The van der Waals surface area contributed by atoms with Gasteiger partial charge in [-0.3, -0.25) is 0 Å². The number of nitrogens with one attached hydrogen (secondary N) is 1.